The van der Waals surface area contributed by atoms with Gasteiger partial charge in [0, 0.05) is 6.54 Å². The monoisotopic (exact) mass is 552 g/mol. The topological polar surface area (TPSA) is 198 Å². The van der Waals surface area contributed by atoms with E-state index < -0.39 is 60.6 Å². The van der Waals surface area contributed by atoms with Gasteiger partial charge in [-0.1, -0.05) is 48.5 Å². The maximum Gasteiger partial charge on any atom is 0.244 e. The molecule has 5 rings (SSSR count). The number of amides is 2. The second-order valence-corrected chi connectivity index (χ2v) is 10.3. The number of fused-ring (bicyclic) bond motifs is 3. The molecule has 2 aliphatic rings. The average Bonchev–Trinajstić information content (AvgIpc) is 3.21. The van der Waals surface area contributed by atoms with E-state index in [2.05, 4.69) is 10.6 Å². The summed E-state index contributed by atoms with van der Waals surface area (Å²) in [7, 11) is 0. The third kappa shape index (κ3) is 5.25. The van der Waals surface area contributed by atoms with Crippen LogP contribution in [0.3, 0.4) is 0 Å². The van der Waals surface area contributed by atoms with Crippen LogP contribution in [-0.4, -0.2) is 91.3 Å². The van der Waals surface area contributed by atoms with Crippen LogP contribution in [0.25, 0.3) is 10.8 Å². The van der Waals surface area contributed by atoms with Gasteiger partial charge in [-0.25, -0.2) is 0 Å². The minimum Gasteiger partial charge on any atom is -0.508 e. The SMILES string of the molecule is N[C@@H](Cc1ccc(O)cc1)C(=O)NC(C(=O)NCc1ccc2ccccc2c1)[C@H]1[C@H](O)[C@]2(O)CO[C@@H]([C@@H]2O)N1O. The Bertz CT molecular complexity index is 1390. The van der Waals surface area contributed by atoms with Gasteiger partial charge in [-0.3, -0.25) is 9.59 Å². The van der Waals surface area contributed by atoms with Gasteiger partial charge in [0.25, 0.3) is 0 Å². The molecule has 1 unspecified atom stereocenters. The molecule has 2 fully saturated rings. The fourth-order valence-corrected chi connectivity index (χ4v) is 5.26. The van der Waals surface area contributed by atoms with Crippen LogP contribution in [0.4, 0.5) is 0 Å². The number of nitrogens with zero attached hydrogens (tertiary/aromatic N) is 1. The average molecular weight is 553 g/mol. The first-order valence-electron chi connectivity index (χ1n) is 12.8. The Morgan fingerprint density at radius 3 is 2.40 bits per heavy atom. The van der Waals surface area contributed by atoms with E-state index in [1.165, 1.54) is 12.1 Å². The van der Waals surface area contributed by atoms with Gasteiger partial charge in [-0.2, -0.15) is 5.06 Å². The molecule has 2 aliphatic heterocycles. The molecule has 2 bridgehead atoms. The molecule has 2 amide bonds. The first-order chi connectivity index (χ1) is 19.1. The second kappa shape index (κ2) is 11.1. The number of aliphatic hydroxyl groups is 3. The van der Waals surface area contributed by atoms with E-state index in [1.807, 2.05) is 42.5 Å². The summed E-state index contributed by atoms with van der Waals surface area (Å²) in [6, 6.07) is 15.1. The number of nitrogens with one attached hydrogen (secondary N) is 2. The number of hydrogen-bond donors (Lipinski definition) is 8. The van der Waals surface area contributed by atoms with Gasteiger partial charge in [-0.05, 0) is 46.5 Å². The van der Waals surface area contributed by atoms with Crippen molar-refractivity contribution in [3.8, 4) is 5.75 Å². The first-order valence-corrected chi connectivity index (χ1v) is 12.8. The van der Waals surface area contributed by atoms with Gasteiger partial charge >= 0.3 is 0 Å². The quantitative estimate of drug-likeness (QED) is 0.173. The number of piperidine rings is 1. The van der Waals surface area contributed by atoms with Crippen molar-refractivity contribution in [3.63, 3.8) is 0 Å². The molecule has 3 aromatic rings. The predicted octanol–water partition coefficient (Wildman–Crippen LogP) is -0.901. The maximum atomic E-state index is 13.5. The van der Waals surface area contributed by atoms with Crippen LogP contribution in [0.5, 0.6) is 5.75 Å². The molecule has 0 aromatic heterocycles. The lowest BCUT2D eigenvalue weighted by atomic mass is 9.80. The van der Waals surface area contributed by atoms with Gasteiger partial charge in [0.05, 0.1) is 18.7 Å². The second-order valence-electron chi connectivity index (χ2n) is 10.3. The number of aliphatic hydroxyl groups excluding tert-OH is 2. The molecular weight excluding hydrogens is 520 g/mol. The molecule has 12 nitrogen and oxygen atoms in total. The first kappa shape index (κ1) is 27.9. The van der Waals surface area contributed by atoms with Crippen molar-refractivity contribution >= 4 is 22.6 Å². The molecule has 12 heteroatoms. The lowest BCUT2D eigenvalue weighted by Crippen LogP contribution is -2.74. The number of aromatic hydroxyl groups is 1. The summed E-state index contributed by atoms with van der Waals surface area (Å²) in [6.45, 7) is -0.427. The molecule has 0 spiro atoms. The van der Waals surface area contributed by atoms with E-state index in [9.17, 15) is 35.2 Å². The molecule has 3 aromatic carbocycles. The third-order valence-corrected chi connectivity index (χ3v) is 7.60. The standard InChI is InChI=1S/C28H32N4O8/c29-20(12-15-6-9-19(33)10-7-15)25(36)31-21(22-23(34)28(38)14-40-27(24(28)35)32(22)39)26(37)30-13-16-5-8-17-3-1-2-4-18(17)11-16/h1-11,20-24,27,33-35,38-39H,12-14,29H2,(H,30,37)(H,31,36)/t20-,21?,22-,23-,24-,27-,28+/m0/s1. The summed E-state index contributed by atoms with van der Waals surface area (Å²) in [5.41, 5.74) is 5.36. The zero-order chi connectivity index (χ0) is 28.6. The molecular formula is C28H32N4O8. The lowest BCUT2D eigenvalue weighted by molar-refractivity contribution is -0.297. The molecule has 0 saturated carbocycles. The Hall–Kier alpha value is -3.62. The predicted molar refractivity (Wildman–Crippen MR) is 142 cm³/mol. The molecule has 2 saturated heterocycles. The van der Waals surface area contributed by atoms with Crippen molar-refractivity contribution in [3.05, 3.63) is 77.9 Å². The minimum atomic E-state index is -2.18. The summed E-state index contributed by atoms with van der Waals surface area (Å²) in [6.07, 6.45) is -4.90. The summed E-state index contributed by atoms with van der Waals surface area (Å²) < 4.78 is 5.27. The summed E-state index contributed by atoms with van der Waals surface area (Å²) in [4.78, 5) is 26.7. The number of nitrogens with two attached hydrogens (primary N) is 1. The largest absolute Gasteiger partial charge is 0.508 e. The number of hydroxylamine groups is 2. The lowest BCUT2D eigenvalue weighted by Gasteiger charge is -2.47. The zero-order valence-corrected chi connectivity index (χ0v) is 21.4. The van der Waals surface area contributed by atoms with Crippen LogP contribution in [-0.2, 0) is 27.3 Å². The van der Waals surface area contributed by atoms with E-state index in [0.717, 1.165) is 16.3 Å². The number of carbonyl (C=O) groups is 2. The molecule has 9 N–H and O–H groups in total. The van der Waals surface area contributed by atoms with Crippen molar-refractivity contribution < 1.29 is 40.0 Å². The smallest absolute Gasteiger partial charge is 0.244 e. The third-order valence-electron chi connectivity index (χ3n) is 7.60. The normalized spacial score (nSPS) is 27.7. The molecule has 40 heavy (non-hydrogen) atoms. The van der Waals surface area contributed by atoms with Gasteiger partial charge in [0.2, 0.25) is 11.8 Å². The van der Waals surface area contributed by atoms with Crippen molar-refractivity contribution in [2.45, 2.75) is 55.1 Å². The molecule has 0 radical (unpaired) electrons. The van der Waals surface area contributed by atoms with E-state index >= 15 is 0 Å². The number of hydrogen-bond acceptors (Lipinski definition) is 10. The number of rotatable bonds is 8. The fraction of sp³-hybridized carbons (Fsp3) is 0.357. The van der Waals surface area contributed by atoms with Crippen LogP contribution in [0, 0.1) is 0 Å². The highest BCUT2D eigenvalue weighted by molar-refractivity contribution is 5.90. The van der Waals surface area contributed by atoms with Crippen LogP contribution < -0.4 is 16.4 Å². The number of phenolic OH excluding ortho intramolecular Hbond substituents is 1. The summed E-state index contributed by atoms with van der Waals surface area (Å²) in [5.74, 6) is -1.47. The van der Waals surface area contributed by atoms with Gasteiger partial charge in [0.1, 0.15) is 29.6 Å². The summed E-state index contributed by atoms with van der Waals surface area (Å²) in [5, 5.41) is 60.3. The Balaban J connectivity index is 1.37. The fourth-order valence-electron chi connectivity index (χ4n) is 5.26. The van der Waals surface area contributed by atoms with E-state index in [1.54, 1.807) is 12.1 Å². The Kier molecular flexibility index (Phi) is 7.75. The van der Waals surface area contributed by atoms with Crippen molar-refractivity contribution in [1.29, 1.82) is 0 Å². The van der Waals surface area contributed by atoms with Crippen molar-refractivity contribution in [1.82, 2.24) is 15.7 Å². The van der Waals surface area contributed by atoms with Gasteiger partial charge in [0.15, 0.2) is 6.23 Å². The number of carbonyl (C=O) groups excluding carboxylic acids is 2. The zero-order valence-electron chi connectivity index (χ0n) is 21.4. The van der Waals surface area contributed by atoms with Crippen LogP contribution >= 0.6 is 0 Å². The Morgan fingerprint density at radius 1 is 1.00 bits per heavy atom. The Morgan fingerprint density at radius 2 is 1.68 bits per heavy atom. The van der Waals surface area contributed by atoms with Crippen LogP contribution in [0.1, 0.15) is 11.1 Å². The van der Waals surface area contributed by atoms with E-state index in [0.29, 0.717) is 10.6 Å². The van der Waals surface area contributed by atoms with Crippen molar-refractivity contribution in [2.24, 2.45) is 5.73 Å². The minimum absolute atomic E-state index is 0.0521. The molecule has 7 atom stereocenters. The van der Waals surface area contributed by atoms with Crippen LogP contribution in [0.2, 0.25) is 0 Å². The number of phenols is 1. The van der Waals surface area contributed by atoms with Gasteiger partial charge in [-0.15, -0.1) is 0 Å². The maximum absolute atomic E-state index is 13.5. The van der Waals surface area contributed by atoms with E-state index in [-0.39, 0.29) is 18.7 Å². The Labute approximate surface area is 229 Å². The van der Waals surface area contributed by atoms with E-state index in [4.69, 9.17) is 10.5 Å². The van der Waals surface area contributed by atoms with Crippen molar-refractivity contribution in [2.75, 3.05) is 6.61 Å². The number of ether oxygens (including phenoxy) is 1. The molecule has 0 aliphatic carbocycles. The highest BCUT2D eigenvalue weighted by atomic mass is 16.6. The highest BCUT2D eigenvalue weighted by Gasteiger charge is 2.65. The number of benzene rings is 3. The van der Waals surface area contributed by atoms with Crippen LogP contribution in [0.15, 0.2) is 66.7 Å². The molecule has 2 heterocycles. The molecule has 212 valence electrons. The van der Waals surface area contributed by atoms with Gasteiger partial charge < -0.3 is 46.7 Å². The highest BCUT2D eigenvalue weighted by Crippen LogP contribution is 2.39. The summed E-state index contributed by atoms with van der Waals surface area (Å²) >= 11 is 0.